The van der Waals surface area contributed by atoms with Crippen LogP contribution in [0.5, 0.6) is 0 Å². The van der Waals surface area contributed by atoms with E-state index in [-0.39, 0.29) is 11.2 Å². The summed E-state index contributed by atoms with van der Waals surface area (Å²) in [6.07, 6.45) is 1.03. The van der Waals surface area contributed by atoms with E-state index in [1.54, 1.807) is 12.1 Å². The van der Waals surface area contributed by atoms with Gasteiger partial charge in [-0.2, -0.15) is 0 Å². The topological polar surface area (TPSA) is 29.3 Å². The molecule has 0 saturated carbocycles. The fourth-order valence-corrected chi connectivity index (χ4v) is 2.30. The quantitative estimate of drug-likeness (QED) is 0.828. The van der Waals surface area contributed by atoms with E-state index in [0.717, 1.165) is 19.5 Å². The molecule has 1 aromatic carbocycles. The predicted molar refractivity (Wildman–Crippen MR) is 79.8 cm³/mol. The highest BCUT2D eigenvalue weighted by Gasteiger charge is 2.20. The van der Waals surface area contributed by atoms with Gasteiger partial charge in [-0.05, 0) is 43.1 Å². The molecule has 0 aliphatic heterocycles. The van der Waals surface area contributed by atoms with E-state index >= 15 is 0 Å². The zero-order chi connectivity index (χ0) is 14.5. The second-order valence-corrected chi connectivity index (χ2v) is 6.25. The average Bonchev–Trinajstić information content (AvgIpc) is 2.34. The molecule has 4 heteroatoms. The Morgan fingerprint density at radius 1 is 1.37 bits per heavy atom. The molecule has 0 aliphatic rings. The van der Waals surface area contributed by atoms with E-state index in [1.807, 2.05) is 0 Å². The van der Waals surface area contributed by atoms with Gasteiger partial charge in [-0.25, -0.2) is 4.39 Å². The van der Waals surface area contributed by atoms with Crippen LogP contribution in [0, 0.1) is 11.2 Å². The lowest BCUT2D eigenvalue weighted by atomic mass is 9.93. The van der Waals surface area contributed by atoms with Crippen molar-refractivity contribution in [3.8, 4) is 0 Å². The van der Waals surface area contributed by atoms with Crippen LogP contribution in [0.1, 0.15) is 32.8 Å². The molecule has 2 N–H and O–H groups in total. The second kappa shape index (κ2) is 7.22. The molecule has 0 spiro atoms. The van der Waals surface area contributed by atoms with Crippen LogP contribution >= 0.6 is 11.6 Å². The van der Waals surface area contributed by atoms with E-state index in [2.05, 4.69) is 25.7 Å². The highest BCUT2D eigenvalue weighted by atomic mass is 35.5. The predicted octanol–water partition coefficient (Wildman–Crippen LogP) is 3.68. The Balaban J connectivity index is 2.80. The third kappa shape index (κ3) is 5.47. The molecular formula is C15H24ClFN2. The number of hydrogen-bond acceptors (Lipinski definition) is 2. The maximum atomic E-state index is 13.8. The third-order valence-electron chi connectivity index (χ3n) is 3.15. The van der Waals surface area contributed by atoms with Crippen molar-refractivity contribution < 1.29 is 4.39 Å². The average molecular weight is 287 g/mol. The molecule has 19 heavy (non-hydrogen) atoms. The monoisotopic (exact) mass is 286 g/mol. The molecule has 2 nitrogen and oxygen atoms in total. The van der Waals surface area contributed by atoms with Gasteiger partial charge < -0.3 is 5.73 Å². The molecule has 0 aromatic heterocycles. The molecule has 108 valence electrons. The molecule has 0 atom stereocenters. The van der Waals surface area contributed by atoms with Crippen molar-refractivity contribution in [1.82, 2.24) is 4.90 Å². The maximum absolute atomic E-state index is 13.8. The van der Waals surface area contributed by atoms with Crippen LogP contribution in [0.3, 0.4) is 0 Å². The summed E-state index contributed by atoms with van der Waals surface area (Å²) in [5.74, 6) is -0.198. The Labute approximate surface area is 120 Å². The van der Waals surface area contributed by atoms with Crippen molar-refractivity contribution >= 4 is 11.6 Å². The Bertz CT molecular complexity index is 407. The van der Waals surface area contributed by atoms with Crippen molar-refractivity contribution in [2.45, 2.75) is 33.7 Å². The van der Waals surface area contributed by atoms with E-state index in [1.165, 1.54) is 6.07 Å². The minimum absolute atomic E-state index is 0.0320. The van der Waals surface area contributed by atoms with Crippen LogP contribution < -0.4 is 5.73 Å². The SMILES string of the molecule is CCCN(Cc1cc(Cl)ccc1F)CC(C)(C)CN. The van der Waals surface area contributed by atoms with Crippen LogP contribution in [0.4, 0.5) is 4.39 Å². The van der Waals surface area contributed by atoms with Crippen molar-refractivity contribution in [2.24, 2.45) is 11.1 Å². The van der Waals surface area contributed by atoms with Crippen molar-refractivity contribution in [2.75, 3.05) is 19.6 Å². The molecule has 0 heterocycles. The first kappa shape index (κ1) is 16.4. The van der Waals surface area contributed by atoms with Gasteiger partial charge >= 0.3 is 0 Å². The summed E-state index contributed by atoms with van der Waals surface area (Å²) in [6, 6.07) is 4.71. The van der Waals surface area contributed by atoms with E-state index in [4.69, 9.17) is 17.3 Å². The van der Waals surface area contributed by atoms with Gasteiger partial charge in [-0.3, -0.25) is 4.90 Å². The molecule has 0 saturated heterocycles. The first-order valence-corrected chi connectivity index (χ1v) is 7.12. The molecule has 1 rings (SSSR count). The van der Waals surface area contributed by atoms with Gasteiger partial charge in [0.05, 0.1) is 0 Å². The number of rotatable bonds is 7. The molecule has 0 fully saturated rings. The lowest BCUT2D eigenvalue weighted by molar-refractivity contribution is 0.174. The summed E-state index contributed by atoms with van der Waals surface area (Å²) in [5.41, 5.74) is 6.46. The fourth-order valence-electron chi connectivity index (χ4n) is 2.11. The van der Waals surface area contributed by atoms with Crippen LogP contribution in [0.2, 0.25) is 5.02 Å². The first-order valence-electron chi connectivity index (χ1n) is 6.74. The van der Waals surface area contributed by atoms with Gasteiger partial charge in [0.15, 0.2) is 0 Å². The lowest BCUT2D eigenvalue weighted by Gasteiger charge is -2.31. The fraction of sp³-hybridized carbons (Fsp3) is 0.600. The molecule has 0 amide bonds. The minimum atomic E-state index is -0.198. The highest BCUT2D eigenvalue weighted by molar-refractivity contribution is 6.30. The number of hydrogen-bond donors (Lipinski definition) is 1. The summed E-state index contributed by atoms with van der Waals surface area (Å²) in [7, 11) is 0. The van der Waals surface area contributed by atoms with Gasteiger partial charge in [-0.15, -0.1) is 0 Å². The first-order chi connectivity index (χ1) is 8.88. The molecule has 0 unspecified atom stereocenters. The minimum Gasteiger partial charge on any atom is -0.330 e. The zero-order valence-corrected chi connectivity index (χ0v) is 12.8. The zero-order valence-electron chi connectivity index (χ0n) is 12.0. The van der Waals surface area contributed by atoms with Crippen molar-refractivity contribution in [3.63, 3.8) is 0 Å². The van der Waals surface area contributed by atoms with E-state index < -0.39 is 0 Å². The van der Waals surface area contributed by atoms with Gasteiger partial charge in [0, 0.05) is 23.7 Å². The summed E-state index contributed by atoms with van der Waals surface area (Å²) in [4.78, 5) is 2.24. The summed E-state index contributed by atoms with van der Waals surface area (Å²) in [6.45, 7) is 9.35. The standard InChI is InChI=1S/C15H24ClFN2/c1-4-7-19(11-15(2,3)10-18)9-12-8-13(16)5-6-14(12)17/h5-6,8H,4,7,9-11,18H2,1-3H3. The number of nitrogens with two attached hydrogens (primary N) is 1. The Morgan fingerprint density at radius 3 is 2.63 bits per heavy atom. The third-order valence-corrected chi connectivity index (χ3v) is 3.38. The Morgan fingerprint density at radius 2 is 2.05 bits per heavy atom. The van der Waals surface area contributed by atoms with Crippen LogP contribution in [-0.2, 0) is 6.54 Å². The molecule has 0 bridgehead atoms. The van der Waals surface area contributed by atoms with Gasteiger partial charge in [0.25, 0.3) is 0 Å². The Kier molecular flexibility index (Phi) is 6.24. The van der Waals surface area contributed by atoms with Gasteiger partial charge in [-0.1, -0.05) is 32.4 Å². The van der Waals surface area contributed by atoms with Crippen molar-refractivity contribution in [3.05, 3.63) is 34.6 Å². The highest BCUT2D eigenvalue weighted by Crippen LogP contribution is 2.20. The maximum Gasteiger partial charge on any atom is 0.127 e. The molecule has 0 aliphatic carbocycles. The van der Waals surface area contributed by atoms with Crippen LogP contribution in [-0.4, -0.2) is 24.5 Å². The van der Waals surface area contributed by atoms with Crippen LogP contribution in [0.15, 0.2) is 18.2 Å². The lowest BCUT2D eigenvalue weighted by Crippen LogP contribution is -2.39. The number of nitrogens with zero attached hydrogens (tertiary/aromatic N) is 1. The molecule has 1 aromatic rings. The summed E-state index contributed by atoms with van der Waals surface area (Å²) < 4.78 is 13.8. The van der Waals surface area contributed by atoms with Crippen molar-refractivity contribution in [1.29, 1.82) is 0 Å². The Hall–Kier alpha value is -0.640. The second-order valence-electron chi connectivity index (χ2n) is 5.81. The smallest absolute Gasteiger partial charge is 0.127 e. The van der Waals surface area contributed by atoms with Crippen LogP contribution in [0.25, 0.3) is 0 Å². The van der Waals surface area contributed by atoms with E-state index in [9.17, 15) is 4.39 Å². The summed E-state index contributed by atoms with van der Waals surface area (Å²) in [5, 5.41) is 0.575. The largest absolute Gasteiger partial charge is 0.330 e. The summed E-state index contributed by atoms with van der Waals surface area (Å²) >= 11 is 5.93. The normalized spacial score (nSPS) is 12.2. The van der Waals surface area contributed by atoms with Gasteiger partial charge in [0.1, 0.15) is 5.82 Å². The number of halogens is 2. The van der Waals surface area contributed by atoms with Gasteiger partial charge in [0.2, 0.25) is 0 Å². The molecular weight excluding hydrogens is 263 g/mol. The number of benzene rings is 1. The molecule has 0 radical (unpaired) electrons. The van der Waals surface area contributed by atoms with E-state index in [0.29, 0.717) is 23.7 Å².